The van der Waals surface area contributed by atoms with Gasteiger partial charge in [0.1, 0.15) is 6.10 Å². The van der Waals surface area contributed by atoms with Gasteiger partial charge in [-0.2, -0.15) is 0 Å². The molecule has 25 heavy (non-hydrogen) atoms. The zero-order valence-corrected chi connectivity index (χ0v) is 15.1. The van der Waals surface area contributed by atoms with Gasteiger partial charge in [-0.05, 0) is 69.1 Å². The van der Waals surface area contributed by atoms with Crippen LogP contribution in [0.4, 0.5) is 0 Å². The largest absolute Gasteiger partial charge is 0.368 e. The molecule has 2 saturated heterocycles. The second kappa shape index (κ2) is 5.97. The molecular formula is C20H30N2O3. The van der Waals surface area contributed by atoms with Crippen LogP contribution in [-0.4, -0.2) is 60.5 Å². The number of rotatable bonds is 2. The Bertz CT molecular complexity index is 526. The number of carbonyl (C=O) groups excluding carboxylic acids is 2. The molecule has 2 heterocycles. The molecule has 6 aliphatic rings. The van der Waals surface area contributed by atoms with Crippen molar-refractivity contribution < 1.29 is 14.3 Å². The summed E-state index contributed by atoms with van der Waals surface area (Å²) in [6.07, 6.45) is 9.12. The van der Waals surface area contributed by atoms with Crippen LogP contribution >= 0.6 is 0 Å². The van der Waals surface area contributed by atoms with E-state index in [9.17, 15) is 9.59 Å². The maximum absolute atomic E-state index is 13.4. The van der Waals surface area contributed by atoms with Gasteiger partial charge in [0, 0.05) is 32.8 Å². The zero-order chi connectivity index (χ0) is 17.0. The first-order chi connectivity index (χ1) is 12.1. The summed E-state index contributed by atoms with van der Waals surface area (Å²) in [6.45, 7) is 3.48. The molecule has 2 aliphatic heterocycles. The minimum Gasteiger partial charge on any atom is -0.368 e. The van der Waals surface area contributed by atoms with Gasteiger partial charge >= 0.3 is 0 Å². The van der Waals surface area contributed by atoms with Gasteiger partial charge in [-0.3, -0.25) is 9.59 Å². The second-order valence-corrected chi connectivity index (χ2v) is 9.32. The fourth-order valence-corrected chi connectivity index (χ4v) is 6.81. The van der Waals surface area contributed by atoms with E-state index in [0.29, 0.717) is 38.7 Å². The molecule has 6 rings (SSSR count). The van der Waals surface area contributed by atoms with Crippen LogP contribution in [0, 0.1) is 23.2 Å². The summed E-state index contributed by atoms with van der Waals surface area (Å²) in [5, 5.41) is 0. The summed E-state index contributed by atoms with van der Waals surface area (Å²) < 4.78 is 5.54. The van der Waals surface area contributed by atoms with Gasteiger partial charge in [-0.1, -0.05) is 0 Å². The summed E-state index contributed by atoms with van der Waals surface area (Å²) in [7, 11) is 0. The Morgan fingerprint density at radius 2 is 1.40 bits per heavy atom. The SMILES string of the molecule is O=C(C1CCCO1)N1CCN(C(=O)C23CC4CC(CC(C4)C2)C3)CC1. The number of carbonyl (C=O) groups is 2. The maximum Gasteiger partial charge on any atom is 0.251 e. The highest BCUT2D eigenvalue weighted by atomic mass is 16.5. The topological polar surface area (TPSA) is 49.9 Å². The Morgan fingerprint density at radius 3 is 1.92 bits per heavy atom. The number of piperazine rings is 1. The van der Waals surface area contributed by atoms with Crippen molar-refractivity contribution in [2.45, 2.75) is 57.5 Å². The lowest BCUT2D eigenvalue weighted by Gasteiger charge is -2.57. The first kappa shape index (κ1) is 16.1. The van der Waals surface area contributed by atoms with Crippen molar-refractivity contribution in [2.24, 2.45) is 23.2 Å². The van der Waals surface area contributed by atoms with Crippen LogP contribution in [0.1, 0.15) is 51.4 Å². The number of hydrogen-bond donors (Lipinski definition) is 0. The van der Waals surface area contributed by atoms with E-state index < -0.39 is 0 Å². The first-order valence-corrected chi connectivity index (χ1v) is 10.3. The minimum atomic E-state index is -0.231. The normalized spacial score (nSPS) is 42.9. The highest BCUT2D eigenvalue weighted by Gasteiger charge is 2.55. The average molecular weight is 346 g/mol. The molecule has 4 bridgehead atoms. The van der Waals surface area contributed by atoms with E-state index >= 15 is 0 Å². The molecule has 6 fully saturated rings. The van der Waals surface area contributed by atoms with E-state index in [1.807, 2.05) is 4.90 Å². The highest BCUT2D eigenvalue weighted by molar-refractivity contribution is 5.84. The lowest BCUT2D eigenvalue weighted by Crippen LogP contribution is -2.59. The molecule has 2 amide bonds. The van der Waals surface area contributed by atoms with Crippen LogP contribution in [0.15, 0.2) is 0 Å². The molecular weight excluding hydrogens is 316 g/mol. The molecule has 5 heteroatoms. The van der Waals surface area contributed by atoms with Crippen LogP contribution in [0.5, 0.6) is 0 Å². The monoisotopic (exact) mass is 346 g/mol. The predicted octanol–water partition coefficient (Wildman–Crippen LogP) is 2.05. The predicted molar refractivity (Wildman–Crippen MR) is 92.7 cm³/mol. The van der Waals surface area contributed by atoms with Crippen molar-refractivity contribution in [2.75, 3.05) is 32.8 Å². The summed E-state index contributed by atoms with van der Waals surface area (Å²) >= 11 is 0. The van der Waals surface area contributed by atoms with Gasteiger partial charge in [0.25, 0.3) is 5.91 Å². The van der Waals surface area contributed by atoms with E-state index in [0.717, 1.165) is 49.9 Å². The van der Waals surface area contributed by atoms with E-state index in [4.69, 9.17) is 4.74 Å². The van der Waals surface area contributed by atoms with Gasteiger partial charge in [0.15, 0.2) is 0 Å². The van der Waals surface area contributed by atoms with Crippen LogP contribution < -0.4 is 0 Å². The minimum absolute atomic E-state index is 0.0461. The molecule has 0 radical (unpaired) electrons. The third-order valence-electron chi connectivity index (χ3n) is 7.58. The van der Waals surface area contributed by atoms with Gasteiger partial charge in [0.05, 0.1) is 5.41 Å². The summed E-state index contributed by atoms with van der Waals surface area (Å²) in [5.74, 6) is 2.96. The Kier molecular flexibility index (Phi) is 3.84. The standard InChI is InChI=1S/C20H30N2O3/c23-18(17-2-1-7-25-17)21-3-5-22(6-4-21)19(24)20-11-14-8-15(12-20)10-16(9-14)13-20/h14-17H,1-13H2. The van der Waals surface area contributed by atoms with E-state index in [2.05, 4.69) is 4.90 Å². The molecule has 4 aliphatic carbocycles. The smallest absolute Gasteiger partial charge is 0.251 e. The fraction of sp³-hybridized carbons (Fsp3) is 0.900. The maximum atomic E-state index is 13.4. The van der Waals surface area contributed by atoms with Crippen LogP contribution in [0.2, 0.25) is 0 Å². The van der Waals surface area contributed by atoms with E-state index in [1.165, 1.54) is 19.3 Å². The first-order valence-electron chi connectivity index (χ1n) is 10.3. The number of amides is 2. The lowest BCUT2D eigenvalue weighted by atomic mass is 9.49. The molecule has 5 nitrogen and oxygen atoms in total. The molecule has 0 aromatic rings. The zero-order valence-electron chi connectivity index (χ0n) is 15.1. The third kappa shape index (κ3) is 2.70. The molecule has 4 saturated carbocycles. The summed E-state index contributed by atoms with van der Waals surface area (Å²) in [4.78, 5) is 29.9. The summed E-state index contributed by atoms with van der Waals surface area (Å²) in [6, 6.07) is 0. The van der Waals surface area contributed by atoms with Gasteiger partial charge in [-0.25, -0.2) is 0 Å². The van der Waals surface area contributed by atoms with Crippen molar-refractivity contribution in [1.29, 1.82) is 0 Å². The molecule has 138 valence electrons. The van der Waals surface area contributed by atoms with Crippen molar-refractivity contribution in [3.63, 3.8) is 0 Å². The molecule has 0 N–H and O–H groups in total. The number of nitrogens with zero attached hydrogens (tertiary/aromatic N) is 2. The number of hydrogen-bond acceptors (Lipinski definition) is 3. The molecule has 0 aromatic heterocycles. The van der Waals surface area contributed by atoms with Gasteiger partial charge in [-0.15, -0.1) is 0 Å². The highest BCUT2D eigenvalue weighted by Crippen LogP contribution is 2.60. The van der Waals surface area contributed by atoms with Crippen molar-refractivity contribution in [3.05, 3.63) is 0 Å². The van der Waals surface area contributed by atoms with Crippen LogP contribution in [-0.2, 0) is 14.3 Å². The van der Waals surface area contributed by atoms with E-state index in [-0.39, 0.29) is 17.4 Å². The molecule has 1 atom stereocenters. The Labute approximate surface area is 150 Å². The second-order valence-electron chi connectivity index (χ2n) is 9.32. The Morgan fingerprint density at radius 1 is 0.840 bits per heavy atom. The van der Waals surface area contributed by atoms with E-state index in [1.54, 1.807) is 0 Å². The van der Waals surface area contributed by atoms with Crippen LogP contribution in [0.3, 0.4) is 0 Å². The average Bonchev–Trinajstić information content (AvgIpc) is 3.14. The van der Waals surface area contributed by atoms with Crippen molar-refractivity contribution in [1.82, 2.24) is 9.80 Å². The Balaban J connectivity index is 1.22. The molecule has 0 aromatic carbocycles. The van der Waals surface area contributed by atoms with Crippen molar-refractivity contribution in [3.8, 4) is 0 Å². The van der Waals surface area contributed by atoms with Gasteiger partial charge in [0.2, 0.25) is 5.91 Å². The van der Waals surface area contributed by atoms with Crippen LogP contribution in [0.25, 0.3) is 0 Å². The number of ether oxygens (including phenoxy) is 1. The quantitative estimate of drug-likeness (QED) is 0.769. The van der Waals surface area contributed by atoms with Gasteiger partial charge < -0.3 is 14.5 Å². The summed E-state index contributed by atoms with van der Waals surface area (Å²) in [5.41, 5.74) is -0.0461. The Hall–Kier alpha value is -1.10. The van der Waals surface area contributed by atoms with Crippen molar-refractivity contribution >= 4 is 11.8 Å². The fourth-order valence-electron chi connectivity index (χ4n) is 6.81. The molecule has 0 spiro atoms. The third-order valence-corrected chi connectivity index (χ3v) is 7.58. The molecule has 1 unspecified atom stereocenters. The lowest BCUT2D eigenvalue weighted by molar-refractivity contribution is -0.161.